The second-order valence-electron chi connectivity index (χ2n) is 5.56. The van der Waals surface area contributed by atoms with Crippen LogP contribution in [-0.4, -0.2) is 29.5 Å². The fourth-order valence-corrected chi connectivity index (χ4v) is 2.61. The van der Waals surface area contributed by atoms with Crippen LogP contribution in [0.1, 0.15) is 32.1 Å². The number of allylic oxidation sites excluding steroid dienone is 1. The maximum absolute atomic E-state index is 12.4. The summed E-state index contributed by atoms with van der Waals surface area (Å²) < 4.78 is 36.0. The summed E-state index contributed by atoms with van der Waals surface area (Å²) in [6, 6.07) is 7.17. The van der Waals surface area contributed by atoms with Gasteiger partial charge in [0.1, 0.15) is 11.3 Å². The molecule has 7 heteroatoms. The molecule has 26 heavy (non-hydrogen) atoms. The third-order valence-corrected chi connectivity index (χ3v) is 3.84. The lowest BCUT2D eigenvalue weighted by atomic mass is 10.1. The van der Waals surface area contributed by atoms with Gasteiger partial charge in [-0.2, -0.15) is 8.78 Å². The van der Waals surface area contributed by atoms with Crippen molar-refractivity contribution in [3.63, 3.8) is 0 Å². The van der Waals surface area contributed by atoms with Gasteiger partial charge in [-0.15, -0.1) is 6.58 Å². The molecule has 0 radical (unpaired) electrons. The lowest BCUT2D eigenvalue weighted by molar-refractivity contribution is -0.0504. The molecule has 0 aliphatic carbocycles. The number of Topliss-reactive ketones (excluding diaryl/α,β-unsaturated/α-hetero) is 1. The summed E-state index contributed by atoms with van der Waals surface area (Å²) in [7, 11) is 0. The summed E-state index contributed by atoms with van der Waals surface area (Å²) in [6.07, 6.45) is 1.72. The van der Waals surface area contributed by atoms with Gasteiger partial charge in [0.2, 0.25) is 5.78 Å². The van der Waals surface area contributed by atoms with E-state index in [1.54, 1.807) is 19.1 Å². The number of para-hydroxylation sites is 1. The molecule has 138 valence electrons. The van der Waals surface area contributed by atoms with E-state index in [2.05, 4.69) is 11.3 Å². The molecular weight excluding hydrogens is 344 g/mol. The molecule has 0 atom stereocenters. The topological polar surface area (TPSA) is 57.5 Å². The predicted molar refractivity (Wildman–Crippen MR) is 91.8 cm³/mol. The highest BCUT2D eigenvalue weighted by atomic mass is 19.3. The van der Waals surface area contributed by atoms with Crippen LogP contribution >= 0.6 is 0 Å². The Bertz CT molecular complexity index is 827. The Kier molecular flexibility index (Phi) is 6.27. The second-order valence-corrected chi connectivity index (χ2v) is 5.56. The first-order valence-electron chi connectivity index (χ1n) is 7.87. The van der Waals surface area contributed by atoms with E-state index in [4.69, 9.17) is 4.74 Å². The predicted octanol–water partition coefficient (Wildman–Crippen LogP) is 3.93. The Balaban J connectivity index is 2.10. The number of alkyl halides is 2. The smallest absolute Gasteiger partial charge is 0.387 e. The van der Waals surface area contributed by atoms with Gasteiger partial charge in [0.15, 0.2) is 6.61 Å². The van der Waals surface area contributed by atoms with Crippen molar-refractivity contribution in [2.75, 3.05) is 6.61 Å². The van der Waals surface area contributed by atoms with E-state index >= 15 is 0 Å². The van der Waals surface area contributed by atoms with Gasteiger partial charge >= 0.3 is 12.6 Å². The van der Waals surface area contributed by atoms with E-state index in [0.717, 1.165) is 11.4 Å². The number of aryl methyl sites for hydroxylation is 1. The van der Waals surface area contributed by atoms with Crippen molar-refractivity contribution in [1.29, 1.82) is 0 Å². The van der Waals surface area contributed by atoms with E-state index in [-0.39, 0.29) is 17.1 Å². The van der Waals surface area contributed by atoms with Crippen LogP contribution < -0.4 is 4.74 Å². The van der Waals surface area contributed by atoms with Crippen LogP contribution in [0.3, 0.4) is 0 Å². The minimum Gasteiger partial charge on any atom is -0.454 e. The maximum atomic E-state index is 12.4. The minimum absolute atomic E-state index is 0.169. The summed E-state index contributed by atoms with van der Waals surface area (Å²) in [5.41, 5.74) is 1.89. The molecule has 2 rings (SSSR count). The van der Waals surface area contributed by atoms with Gasteiger partial charge in [0.25, 0.3) is 0 Å². The van der Waals surface area contributed by atoms with Crippen molar-refractivity contribution in [2.24, 2.45) is 0 Å². The molecule has 0 aliphatic rings. The second kappa shape index (κ2) is 8.42. The highest BCUT2D eigenvalue weighted by Gasteiger charge is 2.20. The van der Waals surface area contributed by atoms with E-state index in [1.165, 1.54) is 24.3 Å². The Morgan fingerprint density at radius 2 is 1.92 bits per heavy atom. The number of ketones is 1. The molecule has 0 aliphatic heterocycles. The standard InChI is InChI=1S/C19H19F2NO4/c1-4-9-22-12(2)10-15(13(22)3)16(23)11-25-18(24)14-7-5-6-8-17(14)26-19(20)21/h4-8,10,19H,1,9,11H2,2-3H3. The summed E-state index contributed by atoms with van der Waals surface area (Å²) in [4.78, 5) is 24.5. The van der Waals surface area contributed by atoms with Crippen LogP contribution in [0, 0.1) is 13.8 Å². The molecule has 1 heterocycles. The molecule has 0 amide bonds. The van der Waals surface area contributed by atoms with Crippen LogP contribution in [0.15, 0.2) is 43.0 Å². The van der Waals surface area contributed by atoms with Gasteiger partial charge in [0, 0.05) is 23.5 Å². The monoisotopic (exact) mass is 363 g/mol. The third-order valence-electron chi connectivity index (χ3n) is 3.84. The summed E-state index contributed by atoms with van der Waals surface area (Å²) in [5.74, 6) is -1.59. The van der Waals surface area contributed by atoms with Gasteiger partial charge in [-0.05, 0) is 32.0 Å². The SMILES string of the molecule is C=CCn1c(C)cc(C(=O)COC(=O)c2ccccc2OC(F)F)c1C. The van der Waals surface area contributed by atoms with Crippen LogP contribution in [0.25, 0.3) is 0 Å². The highest BCUT2D eigenvalue weighted by molar-refractivity contribution is 6.01. The number of nitrogens with zero attached hydrogens (tertiary/aromatic N) is 1. The molecule has 0 saturated heterocycles. The number of aromatic nitrogens is 1. The average molecular weight is 363 g/mol. The normalized spacial score (nSPS) is 10.7. The van der Waals surface area contributed by atoms with Crippen LogP contribution in [0.5, 0.6) is 5.75 Å². The number of halogens is 2. The molecule has 0 unspecified atom stereocenters. The van der Waals surface area contributed by atoms with Crippen molar-refractivity contribution in [3.05, 3.63) is 65.5 Å². The first-order valence-corrected chi connectivity index (χ1v) is 7.87. The Morgan fingerprint density at radius 3 is 2.58 bits per heavy atom. The molecule has 1 aromatic carbocycles. The van der Waals surface area contributed by atoms with Crippen molar-refractivity contribution < 1.29 is 27.8 Å². The molecule has 2 aromatic rings. The van der Waals surface area contributed by atoms with E-state index in [9.17, 15) is 18.4 Å². The number of esters is 1. The molecule has 0 bridgehead atoms. The number of benzene rings is 1. The third kappa shape index (κ3) is 4.36. The van der Waals surface area contributed by atoms with Crippen LogP contribution in [0.4, 0.5) is 8.78 Å². The molecule has 5 nitrogen and oxygen atoms in total. The van der Waals surface area contributed by atoms with Crippen molar-refractivity contribution in [1.82, 2.24) is 4.57 Å². The minimum atomic E-state index is -3.07. The number of ether oxygens (including phenoxy) is 2. The molecule has 0 fully saturated rings. The number of rotatable bonds is 8. The summed E-state index contributed by atoms with van der Waals surface area (Å²) in [5, 5.41) is 0. The van der Waals surface area contributed by atoms with E-state index in [1.807, 2.05) is 11.5 Å². The Hall–Kier alpha value is -2.96. The number of hydrogen-bond donors (Lipinski definition) is 0. The first kappa shape index (κ1) is 19.4. The number of hydrogen-bond acceptors (Lipinski definition) is 4. The largest absolute Gasteiger partial charge is 0.454 e. The van der Waals surface area contributed by atoms with Gasteiger partial charge in [0.05, 0.1) is 0 Å². The van der Waals surface area contributed by atoms with E-state index in [0.29, 0.717) is 12.1 Å². The molecular formula is C19H19F2NO4. The van der Waals surface area contributed by atoms with Gasteiger partial charge in [-0.1, -0.05) is 18.2 Å². The fraction of sp³-hybridized carbons (Fsp3) is 0.263. The summed E-state index contributed by atoms with van der Waals surface area (Å²) >= 11 is 0. The van der Waals surface area contributed by atoms with Crippen LogP contribution in [0.2, 0.25) is 0 Å². The van der Waals surface area contributed by atoms with Crippen LogP contribution in [-0.2, 0) is 11.3 Å². The van der Waals surface area contributed by atoms with Gasteiger partial charge in [-0.25, -0.2) is 4.79 Å². The quantitative estimate of drug-likeness (QED) is 0.405. The first-order chi connectivity index (χ1) is 12.3. The zero-order valence-electron chi connectivity index (χ0n) is 14.5. The molecule has 0 saturated carbocycles. The zero-order chi connectivity index (χ0) is 19.3. The average Bonchev–Trinajstić information content (AvgIpc) is 2.88. The molecule has 0 N–H and O–H groups in total. The fourth-order valence-electron chi connectivity index (χ4n) is 2.61. The number of carbonyl (C=O) groups is 2. The zero-order valence-corrected chi connectivity index (χ0v) is 14.5. The molecule has 0 spiro atoms. The van der Waals surface area contributed by atoms with Crippen molar-refractivity contribution in [2.45, 2.75) is 27.0 Å². The summed E-state index contributed by atoms with van der Waals surface area (Å²) in [6.45, 7) is 4.31. The van der Waals surface area contributed by atoms with Crippen molar-refractivity contribution in [3.8, 4) is 5.75 Å². The van der Waals surface area contributed by atoms with Crippen molar-refractivity contribution >= 4 is 11.8 Å². The molecule has 1 aromatic heterocycles. The number of carbonyl (C=O) groups excluding carboxylic acids is 2. The Morgan fingerprint density at radius 1 is 1.23 bits per heavy atom. The van der Waals surface area contributed by atoms with E-state index < -0.39 is 19.2 Å². The maximum Gasteiger partial charge on any atom is 0.387 e. The Labute approximate surface area is 149 Å². The lowest BCUT2D eigenvalue weighted by Gasteiger charge is -2.10. The van der Waals surface area contributed by atoms with Gasteiger partial charge < -0.3 is 14.0 Å². The highest BCUT2D eigenvalue weighted by Crippen LogP contribution is 2.21. The lowest BCUT2D eigenvalue weighted by Crippen LogP contribution is -2.16. The van der Waals surface area contributed by atoms with Gasteiger partial charge in [-0.3, -0.25) is 4.79 Å².